The van der Waals surface area contributed by atoms with E-state index in [1.165, 1.54) is 4.31 Å². The molecular formula is C22H27N3O5S. The number of nitrogens with one attached hydrogen (secondary N) is 1. The number of rotatable bonds is 7. The Kier molecular flexibility index (Phi) is 7.42. The quantitative estimate of drug-likeness (QED) is 0.657. The highest BCUT2D eigenvalue weighted by atomic mass is 32.2. The lowest BCUT2D eigenvalue weighted by molar-refractivity contribution is 0.0527. The summed E-state index contributed by atoms with van der Waals surface area (Å²) in [5.74, 6) is -1.02. The van der Waals surface area contributed by atoms with Gasteiger partial charge in [0.25, 0.3) is 5.91 Å². The second-order valence-electron chi connectivity index (χ2n) is 7.38. The molecule has 3 rings (SSSR count). The standard InChI is InChI=1S/C22H27N3O5S/c1-3-30-22(27)19-6-4-5-7-20(19)23-21(26)18-10-8-17(9-11-18)16-31(28,29)25-14-12-24(2)13-15-25/h4-11H,3,12-16H2,1-2H3,(H,23,26). The van der Waals surface area contributed by atoms with Crippen LogP contribution in [0.15, 0.2) is 48.5 Å². The Hall–Kier alpha value is -2.75. The minimum absolute atomic E-state index is 0.107. The first-order valence-electron chi connectivity index (χ1n) is 10.1. The third-order valence-electron chi connectivity index (χ3n) is 5.09. The molecule has 1 aliphatic rings. The highest BCUT2D eigenvalue weighted by molar-refractivity contribution is 7.88. The van der Waals surface area contributed by atoms with Crippen molar-refractivity contribution in [3.8, 4) is 0 Å². The van der Waals surface area contributed by atoms with Crippen LogP contribution < -0.4 is 5.32 Å². The van der Waals surface area contributed by atoms with E-state index in [0.717, 1.165) is 0 Å². The van der Waals surface area contributed by atoms with Crippen LogP contribution in [0.5, 0.6) is 0 Å². The molecule has 0 saturated carbocycles. The van der Waals surface area contributed by atoms with Gasteiger partial charge in [-0.05, 0) is 43.8 Å². The molecule has 0 spiro atoms. The summed E-state index contributed by atoms with van der Waals surface area (Å²) in [5, 5.41) is 2.72. The first kappa shape index (κ1) is 22.9. The summed E-state index contributed by atoms with van der Waals surface area (Å²) in [6.45, 7) is 4.35. The number of benzene rings is 2. The van der Waals surface area contributed by atoms with Crippen molar-refractivity contribution in [2.75, 3.05) is 45.2 Å². The second kappa shape index (κ2) is 10.0. The highest BCUT2D eigenvalue weighted by Gasteiger charge is 2.26. The molecule has 1 heterocycles. The maximum absolute atomic E-state index is 12.7. The molecule has 1 saturated heterocycles. The number of carbonyl (C=O) groups is 2. The number of carbonyl (C=O) groups excluding carboxylic acids is 2. The van der Waals surface area contributed by atoms with Gasteiger partial charge >= 0.3 is 5.97 Å². The van der Waals surface area contributed by atoms with Gasteiger partial charge in [0.1, 0.15) is 0 Å². The Bertz CT molecular complexity index is 1030. The Balaban J connectivity index is 1.67. The monoisotopic (exact) mass is 445 g/mol. The van der Waals surface area contributed by atoms with Gasteiger partial charge < -0.3 is 15.0 Å². The van der Waals surface area contributed by atoms with Gasteiger partial charge in [-0.3, -0.25) is 4.79 Å². The maximum Gasteiger partial charge on any atom is 0.340 e. The summed E-state index contributed by atoms with van der Waals surface area (Å²) in [6, 6.07) is 13.1. The summed E-state index contributed by atoms with van der Waals surface area (Å²) in [7, 11) is -1.44. The number of esters is 1. The zero-order valence-electron chi connectivity index (χ0n) is 17.7. The molecule has 0 bridgehead atoms. The molecule has 1 aliphatic heterocycles. The van der Waals surface area contributed by atoms with Crippen LogP contribution in [0.1, 0.15) is 33.2 Å². The number of ether oxygens (including phenoxy) is 1. The molecule has 1 fully saturated rings. The number of para-hydroxylation sites is 1. The SMILES string of the molecule is CCOC(=O)c1ccccc1NC(=O)c1ccc(CS(=O)(=O)N2CCN(C)CC2)cc1. The number of sulfonamides is 1. The van der Waals surface area contributed by atoms with E-state index < -0.39 is 21.9 Å². The summed E-state index contributed by atoms with van der Waals surface area (Å²) < 4.78 is 31.9. The molecule has 2 aromatic carbocycles. The fraction of sp³-hybridized carbons (Fsp3) is 0.364. The first-order valence-corrected chi connectivity index (χ1v) is 11.7. The number of amides is 1. The molecule has 0 unspecified atom stereocenters. The van der Waals surface area contributed by atoms with Gasteiger partial charge in [-0.2, -0.15) is 4.31 Å². The molecule has 0 aliphatic carbocycles. The maximum atomic E-state index is 12.7. The second-order valence-corrected chi connectivity index (χ2v) is 9.34. The Morgan fingerprint density at radius 2 is 1.65 bits per heavy atom. The number of piperazine rings is 1. The fourth-order valence-corrected chi connectivity index (χ4v) is 4.81. The molecule has 0 aromatic heterocycles. The molecule has 31 heavy (non-hydrogen) atoms. The lowest BCUT2D eigenvalue weighted by atomic mass is 10.1. The predicted octanol–water partition coefficient (Wildman–Crippen LogP) is 2.19. The zero-order valence-corrected chi connectivity index (χ0v) is 18.5. The Labute approximate surface area is 182 Å². The molecule has 0 radical (unpaired) electrons. The minimum Gasteiger partial charge on any atom is -0.462 e. The third kappa shape index (κ3) is 5.90. The van der Waals surface area contributed by atoms with Crippen LogP contribution >= 0.6 is 0 Å². The van der Waals surface area contributed by atoms with Crippen LogP contribution in [0.2, 0.25) is 0 Å². The van der Waals surface area contributed by atoms with Crippen molar-refractivity contribution in [2.24, 2.45) is 0 Å². The predicted molar refractivity (Wildman–Crippen MR) is 118 cm³/mol. The van der Waals surface area contributed by atoms with Crippen molar-refractivity contribution in [3.63, 3.8) is 0 Å². The average Bonchev–Trinajstić information content (AvgIpc) is 2.75. The van der Waals surface area contributed by atoms with Crippen LogP contribution in [0.3, 0.4) is 0 Å². The summed E-state index contributed by atoms with van der Waals surface area (Å²) in [5.41, 5.74) is 1.60. The van der Waals surface area contributed by atoms with E-state index in [1.54, 1.807) is 55.5 Å². The van der Waals surface area contributed by atoms with Gasteiger partial charge in [0.05, 0.1) is 23.6 Å². The van der Waals surface area contributed by atoms with Crippen molar-refractivity contribution in [1.82, 2.24) is 9.21 Å². The minimum atomic E-state index is -3.41. The fourth-order valence-electron chi connectivity index (χ4n) is 3.29. The molecule has 8 nitrogen and oxygen atoms in total. The van der Waals surface area contributed by atoms with Crippen molar-refractivity contribution in [3.05, 3.63) is 65.2 Å². The van der Waals surface area contributed by atoms with Crippen molar-refractivity contribution < 1.29 is 22.7 Å². The van der Waals surface area contributed by atoms with Crippen molar-refractivity contribution >= 4 is 27.6 Å². The molecular weight excluding hydrogens is 418 g/mol. The van der Waals surface area contributed by atoms with Gasteiger partial charge in [-0.1, -0.05) is 24.3 Å². The largest absolute Gasteiger partial charge is 0.462 e. The number of anilines is 1. The van der Waals surface area contributed by atoms with E-state index in [0.29, 0.717) is 43.0 Å². The first-order chi connectivity index (χ1) is 14.8. The van der Waals surface area contributed by atoms with Crippen LogP contribution in [0.4, 0.5) is 5.69 Å². The third-order valence-corrected chi connectivity index (χ3v) is 6.94. The van der Waals surface area contributed by atoms with Crippen LogP contribution in [0, 0.1) is 0 Å². The molecule has 1 amide bonds. The van der Waals surface area contributed by atoms with Gasteiger partial charge in [-0.15, -0.1) is 0 Å². The van der Waals surface area contributed by atoms with Crippen LogP contribution in [-0.4, -0.2) is 69.3 Å². The van der Waals surface area contributed by atoms with E-state index in [2.05, 4.69) is 10.2 Å². The van der Waals surface area contributed by atoms with Gasteiger partial charge in [0, 0.05) is 31.7 Å². The van der Waals surface area contributed by atoms with E-state index in [1.807, 2.05) is 7.05 Å². The van der Waals surface area contributed by atoms with Crippen molar-refractivity contribution in [1.29, 1.82) is 0 Å². The Morgan fingerprint density at radius 1 is 1.00 bits per heavy atom. The lowest BCUT2D eigenvalue weighted by Gasteiger charge is -2.31. The summed E-state index contributed by atoms with van der Waals surface area (Å²) in [4.78, 5) is 26.8. The smallest absolute Gasteiger partial charge is 0.340 e. The zero-order chi connectivity index (χ0) is 22.4. The molecule has 2 aromatic rings. The van der Waals surface area contributed by atoms with E-state index in [4.69, 9.17) is 4.74 Å². The van der Waals surface area contributed by atoms with Crippen LogP contribution in [-0.2, 0) is 20.5 Å². The average molecular weight is 446 g/mol. The van der Waals surface area contributed by atoms with Crippen molar-refractivity contribution in [2.45, 2.75) is 12.7 Å². The number of nitrogens with zero attached hydrogens (tertiary/aromatic N) is 2. The lowest BCUT2D eigenvalue weighted by Crippen LogP contribution is -2.47. The van der Waals surface area contributed by atoms with Crippen LogP contribution in [0.25, 0.3) is 0 Å². The normalized spacial score (nSPS) is 15.4. The van der Waals surface area contributed by atoms with Gasteiger partial charge in [0.15, 0.2) is 0 Å². The topological polar surface area (TPSA) is 96.0 Å². The molecule has 1 N–H and O–H groups in total. The van der Waals surface area contributed by atoms with E-state index >= 15 is 0 Å². The summed E-state index contributed by atoms with van der Waals surface area (Å²) >= 11 is 0. The summed E-state index contributed by atoms with van der Waals surface area (Å²) in [6.07, 6.45) is 0. The number of likely N-dealkylation sites (N-methyl/N-ethyl adjacent to an activating group) is 1. The van der Waals surface area contributed by atoms with Gasteiger partial charge in [-0.25, -0.2) is 13.2 Å². The number of hydrogen-bond donors (Lipinski definition) is 1. The Morgan fingerprint density at radius 3 is 2.29 bits per heavy atom. The molecule has 9 heteroatoms. The number of hydrogen-bond acceptors (Lipinski definition) is 6. The molecule has 0 atom stereocenters. The highest BCUT2D eigenvalue weighted by Crippen LogP contribution is 2.19. The van der Waals surface area contributed by atoms with E-state index in [9.17, 15) is 18.0 Å². The van der Waals surface area contributed by atoms with Gasteiger partial charge in [0.2, 0.25) is 10.0 Å². The van der Waals surface area contributed by atoms with E-state index in [-0.39, 0.29) is 17.9 Å². The molecule has 166 valence electrons.